The Hall–Kier alpha value is -1.06. The third kappa shape index (κ3) is 3.53. The first-order valence-electron chi connectivity index (χ1n) is 7.69. The van der Waals surface area contributed by atoms with Crippen LogP contribution in [0.4, 0.5) is 0 Å². The fraction of sp³-hybridized carbons (Fsp3) is 0.647. The van der Waals surface area contributed by atoms with Gasteiger partial charge in [0.25, 0.3) is 0 Å². The van der Waals surface area contributed by atoms with Gasteiger partial charge in [0.15, 0.2) is 0 Å². The average molecular weight is 276 g/mol. The lowest BCUT2D eigenvalue weighted by Crippen LogP contribution is -2.42. The molecule has 3 nitrogen and oxygen atoms in total. The second-order valence-corrected chi connectivity index (χ2v) is 6.07. The van der Waals surface area contributed by atoms with Crippen LogP contribution in [0.25, 0.3) is 0 Å². The molecule has 3 heteroatoms. The van der Waals surface area contributed by atoms with Crippen molar-refractivity contribution in [3.63, 3.8) is 0 Å². The van der Waals surface area contributed by atoms with Crippen molar-refractivity contribution >= 4 is 0 Å². The Labute approximate surface area is 123 Å². The molecule has 0 aliphatic heterocycles. The van der Waals surface area contributed by atoms with E-state index in [0.717, 1.165) is 18.8 Å². The molecule has 1 aliphatic carbocycles. The quantitative estimate of drug-likeness (QED) is 0.898. The van der Waals surface area contributed by atoms with Gasteiger partial charge in [0.2, 0.25) is 0 Å². The molecule has 0 bridgehead atoms. The molecule has 2 atom stereocenters. The van der Waals surface area contributed by atoms with Crippen molar-refractivity contribution in [2.45, 2.75) is 45.2 Å². The molecule has 1 aromatic carbocycles. The van der Waals surface area contributed by atoms with E-state index in [4.69, 9.17) is 10.5 Å². The Morgan fingerprint density at radius 2 is 2.05 bits per heavy atom. The van der Waals surface area contributed by atoms with Crippen molar-refractivity contribution in [2.24, 2.45) is 11.7 Å². The lowest BCUT2D eigenvalue weighted by atomic mass is 9.83. The van der Waals surface area contributed by atoms with Gasteiger partial charge in [-0.1, -0.05) is 25.0 Å². The summed E-state index contributed by atoms with van der Waals surface area (Å²) in [6.07, 6.45) is 5.25. The SMILES string of the molecule is COc1ccc(CN(C)C2CCCCC2CN)cc1C. The first-order chi connectivity index (χ1) is 9.65. The van der Waals surface area contributed by atoms with Crippen LogP contribution < -0.4 is 10.5 Å². The Bertz CT molecular complexity index is 433. The topological polar surface area (TPSA) is 38.5 Å². The lowest BCUT2D eigenvalue weighted by molar-refractivity contribution is 0.127. The van der Waals surface area contributed by atoms with Gasteiger partial charge >= 0.3 is 0 Å². The molecule has 0 spiro atoms. The Kier molecular flexibility index (Phi) is 5.44. The van der Waals surface area contributed by atoms with Crippen LogP contribution in [0.3, 0.4) is 0 Å². The first-order valence-corrected chi connectivity index (χ1v) is 7.69. The predicted octanol–water partition coefficient (Wildman–Crippen LogP) is 2.95. The van der Waals surface area contributed by atoms with Gasteiger partial charge in [0.05, 0.1) is 7.11 Å². The maximum atomic E-state index is 5.94. The zero-order chi connectivity index (χ0) is 14.5. The van der Waals surface area contributed by atoms with Crippen molar-refractivity contribution in [1.82, 2.24) is 4.90 Å². The van der Waals surface area contributed by atoms with Crippen LogP contribution in [-0.2, 0) is 6.54 Å². The van der Waals surface area contributed by atoms with E-state index in [-0.39, 0.29) is 0 Å². The molecule has 0 amide bonds. The van der Waals surface area contributed by atoms with Crippen LogP contribution in [0.1, 0.15) is 36.8 Å². The molecule has 1 fully saturated rings. The Balaban J connectivity index is 2.03. The minimum atomic E-state index is 0.635. The maximum absolute atomic E-state index is 5.94. The summed E-state index contributed by atoms with van der Waals surface area (Å²) in [7, 11) is 3.96. The monoisotopic (exact) mass is 276 g/mol. The molecule has 0 saturated heterocycles. The molecule has 0 aromatic heterocycles. The molecule has 20 heavy (non-hydrogen) atoms. The van der Waals surface area contributed by atoms with Crippen molar-refractivity contribution in [1.29, 1.82) is 0 Å². The Morgan fingerprint density at radius 3 is 2.70 bits per heavy atom. The number of nitrogens with two attached hydrogens (primary N) is 1. The highest BCUT2D eigenvalue weighted by Gasteiger charge is 2.27. The summed E-state index contributed by atoms with van der Waals surface area (Å²) < 4.78 is 5.33. The zero-order valence-corrected chi connectivity index (χ0v) is 13.1. The third-order valence-corrected chi connectivity index (χ3v) is 4.63. The zero-order valence-electron chi connectivity index (χ0n) is 13.1. The highest BCUT2D eigenvalue weighted by Crippen LogP contribution is 2.28. The number of rotatable bonds is 5. The fourth-order valence-electron chi connectivity index (χ4n) is 3.49. The van der Waals surface area contributed by atoms with E-state index in [9.17, 15) is 0 Å². The molecular formula is C17H28N2O. The van der Waals surface area contributed by atoms with E-state index in [0.29, 0.717) is 12.0 Å². The van der Waals surface area contributed by atoms with E-state index in [1.165, 1.54) is 36.8 Å². The second kappa shape index (κ2) is 7.09. The summed E-state index contributed by atoms with van der Waals surface area (Å²) in [6.45, 7) is 3.91. The normalized spacial score (nSPS) is 23.1. The van der Waals surface area contributed by atoms with Crippen LogP contribution in [0.2, 0.25) is 0 Å². The van der Waals surface area contributed by atoms with Crippen molar-refractivity contribution < 1.29 is 4.74 Å². The smallest absolute Gasteiger partial charge is 0.121 e. The predicted molar refractivity (Wildman–Crippen MR) is 84.0 cm³/mol. The number of aryl methyl sites for hydroxylation is 1. The summed E-state index contributed by atoms with van der Waals surface area (Å²) >= 11 is 0. The van der Waals surface area contributed by atoms with Gasteiger partial charge in [-0.05, 0) is 56.5 Å². The standard InChI is InChI=1S/C17H28N2O/c1-13-10-14(8-9-17(13)20-3)12-19(2)16-7-5-4-6-15(16)11-18/h8-10,15-16H,4-7,11-12,18H2,1-3H3. The fourth-order valence-corrected chi connectivity index (χ4v) is 3.49. The van der Waals surface area contributed by atoms with Crippen molar-refractivity contribution in [3.05, 3.63) is 29.3 Å². The Morgan fingerprint density at radius 1 is 1.30 bits per heavy atom. The van der Waals surface area contributed by atoms with Gasteiger partial charge in [-0.25, -0.2) is 0 Å². The number of nitrogens with zero attached hydrogens (tertiary/aromatic N) is 1. The van der Waals surface area contributed by atoms with Crippen molar-refractivity contribution in [2.75, 3.05) is 20.7 Å². The number of ether oxygens (including phenoxy) is 1. The molecule has 0 heterocycles. The molecule has 1 aliphatic rings. The summed E-state index contributed by atoms with van der Waals surface area (Å²) in [5, 5.41) is 0. The van der Waals surface area contributed by atoms with Crippen LogP contribution in [0, 0.1) is 12.8 Å². The summed E-state index contributed by atoms with van der Waals surface area (Å²) in [5.41, 5.74) is 8.50. The number of hydrogen-bond donors (Lipinski definition) is 1. The van der Waals surface area contributed by atoms with Crippen LogP contribution in [-0.4, -0.2) is 31.6 Å². The number of hydrogen-bond acceptors (Lipinski definition) is 3. The van der Waals surface area contributed by atoms with Crippen LogP contribution >= 0.6 is 0 Å². The molecule has 2 rings (SSSR count). The van der Waals surface area contributed by atoms with Gasteiger partial charge in [-0.15, -0.1) is 0 Å². The second-order valence-electron chi connectivity index (χ2n) is 6.07. The number of methoxy groups -OCH3 is 1. The van der Waals surface area contributed by atoms with Crippen molar-refractivity contribution in [3.8, 4) is 5.75 Å². The molecular weight excluding hydrogens is 248 g/mol. The summed E-state index contributed by atoms with van der Waals surface area (Å²) in [4.78, 5) is 2.48. The highest BCUT2D eigenvalue weighted by atomic mass is 16.5. The molecule has 1 saturated carbocycles. The maximum Gasteiger partial charge on any atom is 0.121 e. The van der Waals surface area contributed by atoms with Gasteiger partial charge in [-0.3, -0.25) is 4.90 Å². The molecule has 112 valence electrons. The van der Waals surface area contributed by atoms with E-state index in [1.807, 2.05) is 0 Å². The van der Waals surface area contributed by atoms with Crippen LogP contribution in [0.5, 0.6) is 5.75 Å². The minimum Gasteiger partial charge on any atom is -0.496 e. The summed E-state index contributed by atoms with van der Waals surface area (Å²) in [6, 6.07) is 7.11. The summed E-state index contributed by atoms with van der Waals surface area (Å²) in [5.74, 6) is 1.63. The van der Waals surface area contributed by atoms with Gasteiger partial charge in [0, 0.05) is 12.6 Å². The average Bonchev–Trinajstić information content (AvgIpc) is 2.47. The molecule has 2 N–H and O–H groups in total. The molecule has 0 radical (unpaired) electrons. The van der Waals surface area contributed by atoms with E-state index in [1.54, 1.807) is 7.11 Å². The first kappa shape index (κ1) is 15.3. The minimum absolute atomic E-state index is 0.635. The molecule has 1 aromatic rings. The lowest BCUT2D eigenvalue weighted by Gasteiger charge is -2.37. The van der Waals surface area contributed by atoms with Gasteiger partial charge in [-0.2, -0.15) is 0 Å². The van der Waals surface area contributed by atoms with E-state index >= 15 is 0 Å². The van der Waals surface area contributed by atoms with Gasteiger partial charge in [0.1, 0.15) is 5.75 Å². The molecule has 2 unspecified atom stereocenters. The van der Waals surface area contributed by atoms with Crippen LogP contribution in [0.15, 0.2) is 18.2 Å². The highest BCUT2D eigenvalue weighted by molar-refractivity contribution is 5.36. The van der Waals surface area contributed by atoms with Gasteiger partial charge < -0.3 is 10.5 Å². The van der Waals surface area contributed by atoms with E-state index in [2.05, 4.69) is 37.1 Å². The third-order valence-electron chi connectivity index (χ3n) is 4.63. The number of benzene rings is 1. The van der Waals surface area contributed by atoms with E-state index < -0.39 is 0 Å². The largest absolute Gasteiger partial charge is 0.496 e.